The fourth-order valence-corrected chi connectivity index (χ4v) is 1.49. The van der Waals surface area contributed by atoms with E-state index in [1.54, 1.807) is 24.5 Å². The number of terminal acetylenes is 1. The minimum absolute atomic E-state index is 0.184. The Bertz CT molecular complexity index is 629. The number of aromatic nitrogens is 2. The van der Waals surface area contributed by atoms with Crippen LogP contribution in [-0.4, -0.2) is 9.78 Å². The van der Waals surface area contributed by atoms with E-state index in [4.69, 9.17) is 11.7 Å². The molecule has 1 aromatic heterocycles. The zero-order valence-corrected chi connectivity index (χ0v) is 8.89. The van der Waals surface area contributed by atoms with Gasteiger partial charge in [0.2, 0.25) is 0 Å². The SMILES string of the molecule is C#Cc1cc(-c2cnn(CC#N)c2)ccc1F. The van der Waals surface area contributed by atoms with Crippen LogP contribution in [0.4, 0.5) is 4.39 Å². The van der Waals surface area contributed by atoms with Gasteiger partial charge in [-0.2, -0.15) is 10.4 Å². The van der Waals surface area contributed by atoms with E-state index in [9.17, 15) is 4.39 Å². The quantitative estimate of drug-likeness (QED) is 0.735. The topological polar surface area (TPSA) is 41.6 Å². The number of nitriles is 1. The predicted molar refractivity (Wildman–Crippen MR) is 61.2 cm³/mol. The lowest BCUT2D eigenvalue weighted by Crippen LogP contribution is -1.94. The van der Waals surface area contributed by atoms with Crippen molar-refractivity contribution < 1.29 is 4.39 Å². The van der Waals surface area contributed by atoms with Crippen LogP contribution >= 0.6 is 0 Å². The van der Waals surface area contributed by atoms with E-state index in [1.165, 1.54) is 10.7 Å². The highest BCUT2D eigenvalue weighted by molar-refractivity contribution is 5.64. The first-order valence-corrected chi connectivity index (χ1v) is 4.90. The van der Waals surface area contributed by atoms with Crippen LogP contribution in [-0.2, 0) is 6.54 Å². The summed E-state index contributed by atoms with van der Waals surface area (Å²) in [5.41, 5.74) is 1.80. The molecule has 1 heterocycles. The largest absolute Gasteiger partial charge is 0.258 e. The molecular formula is C13H8FN3. The highest BCUT2D eigenvalue weighted by atomic mass is 19.1. The third-order valence-corrected chi connectivity index (χ3v) is 2.32. The van der Waals surface area contributed by atoms with Crippen molar-refractivity contribution in [2.24, 2.45) is 0 Å². The van der Waals surface area contributed by atoms with Crippen molar-refractivity contribution in [2.75, 3.05) is 0 Å². The van der Waals surface area contributed by atoms with Gasteiger partial charge in [0.15, 0.2) is 0 Å². The molecule has 0 atom stereocenters. The van der Waals surface area contributed by atoms with Crippen LogP contribution in [0, 0.1) is 29.5 Å². The molecular weight excluding hydrogens is 217 g/mol. The van der Waals surface area contributed by atoms with Crippen LogP contribution in [0.15, 0.2) is 30.6 Å². The van der Waals surface area contributed by atoms with Gasteiger partial charge in [0.25, 0.3) is 0 Å². The summed E-state index contributed by atoms with van der Waals surface area (Å²) in [5, 5.41) is 12.5. The van der Waals surface area contributed by atoms with E-state index >= 15 is 0 Å². The fourth-order valence-electron chi connectivity index (χ4n) is 1.49. The Kier molecular flexibility index (Phi) is 2.89. The number of nitrogens with zero attached hydrogens (tertiary/aromatic N) is 3. The van der Waals surface area contributed by atoms with Crippen molar-refractivity contribution in [3.8, 4) is 29.5 Å². The Morgan fingerprint density at radius 3 is 2.94 bits per heavy atom. The van der Waals surface area contributed by atoms with Gasteiger partial charge < -0.3 is 0 Å². The third kappa shape index (κ3) is 2.16. The smallest absolute Gasteiger partial charge is 0.138 e. The van der Waals surface area contributed by atoms with Gasteiger partial charge >= 0.3 is 0 Å². The number of rotatable bonds is 2. The van der Waals surface area contributed by atoms with E-state index in [-0.39, 0.29) is 12.1 Å². The van der Waals surface area contributed by atoms with Crippen LogP contribution < -0.4 is 0 Å². The normalized spacial score (nSPS) is 9.59. The Morgan fingerprint density at radius 1 is 1.41 bits per heavy atom. The molecule has 0 bridgehead atoms. The number of hydrogen-bond acceptors (Lipinski definition) is 2. The Labute approximate surface area is 98.1 Å². The van der Waals surface area contributed by atoms with Crippen molar-refractivity contribution in [1.29, 1.82) is 5.26 Å². The van der Waals surface area contributed by atoms with Crippen molar-refractivity contribution in [3.63, 3.8) is 0 Å². The molecule has 0 fully saturated rings. The molecule has 0 aliphatic carbocycles. The monoisotopic (exact) mass is 225 g/mol. The van der Waals surface area contributed by atoms with E-state index in [0.717, 1.165) is 11.1 Å². The number of halogens is 1. The van der Waals surface area contributed by atoms with Crippen molar-refractivity contribution in [1.82, 2.24) is 9.78 Å². The second-order valence-electron chi connectivity index (χ2n) is 3.42. The molecule has 3 nitrogen and oxygen atoms in total. The molecule has 0 N–H and O–H groups in total. The zero-order valence-electron chi connectivity index (χ0n) is 8.89. The maximum absolute atomic E-state index is 13.2. The van der Waals surface area contributed by atoms with Crippen molar-refractivity contribution in [2.45, 2.75) is 6.54 Å². The standard InChI is InChI=1S/C13H8FN3/c1-2-10-7-11(3-4-13(10)14)12-8-16-17(9-12)6-5-15/h1,3-4,7-9H,6H2. The molecule has 17 heavy (non-hydrogen) atoms. The van der Waals surface area contributed by atoms with Gasteiger partial charge in [-0.05, 0) is 17.7 Å². The van der Waals surface area contributed by atoms with E-state index < -0.39 is 5.82 Å². The molecule has 0 amide bonds. The Morgan fingerprint density at radius 2 is 2.24 bits per heavy atom. The minimum atomic E-state index is -0.416. The maximum atomic E-state index is 13.2. The summed E-state index contributed by atoms with van der Waals surface area (Å²) in [6, 6.07) is 6.53. The van der Waals surface area contributed by atoms with Crippen molar-refractivity contribution >= 4 is 0 Å². The minimum Gasteiger partial charge on any atom is -0.258 e. The molecule has 0 spiro atoms. The van der Waals surface area contributed by atoms with Crippen LogP contribution in [0.2, 0.25) is 0 Å². The van der Waals surface area contributed by atoms with Gasteiger partial charge in [-0.15, -0.1) is 6.42 Å². The molecule has 0 aliphatic rings. The molecule has 2 rings (SSSR count). The molecule has 4 heteroatoms. The Hall–Kier alpha value is -2.59. The van der Waals surface area contributed by atoms with Crippen LogP contribution in [0.1, 0.15) is 5.56 Å². The summed E-state index contributed by atoms with van der Waals surface area (Å²) in [5.74, 6) is 1.87. The Balaban J connectivity index is 2.40. The molecule has 0 aliphatic heterocycles. The summed E-state index contributed by atoms with van der Waals surface area (Å²) in [6.07, 6.45) is 8.53. The highest BCUT2D eigenvalue weighted by Gasteiger charge is 2.05. The number of hydrogen-bond donors (Lipinski definition) is 0. The van der Waals surface area contributed by atoms with E-state index in [0.29, 0.717) is 0 Å². The summed E-state index contributed by atoms with van der Waals surface area (Å²) in [6.45, 7) is 0.184. The summed E-state index contributed by atoms with van der Waals surface area (Å²) >= 11 is 0. The fraction of sp³-hybridized carbons (Fsp3) is 0.0769. The molecule has 0 saturated carbocycles. The lowest BCUT2D eigenvalue weighted by molar-refractivity contribution is 0.624. The van der Waals surface area contributed by atoms with Crippen LogP contribution in [0.3, 0.4) is 0 Å². The van der Waals surface area contributed by atoms with Crippen molar-refractivity contribution in [3.05, 3.63) is 42.0 Å². The van der Waals surface area contributed by atoms with Gasteiger partial charge in [0.05, 0.1) is 17.8 Å². The molecule has 1 aromatic carbocycles. The maximum Gasteiger partial charge on any atom is 0.138 e. The molecule has 0 unspecified atom stereocenters. The van der Waals surface area contributed by atoms with Gasteiger partial charge in [0.1, 0.15) is 12.4 Å². The van der Waals surface area contributed by atoms with E-state index in [1.807, 2.05) is 6.07 Å². The third-order valence-electron chi connectivity index (χ3n) is 2.32. The molecule has 82 valence electrons. The predicted octanol–water partition coefficient (Wildman–Crippen LogP) is 2.19. The first kappa shape index (κ1) is 10.9. The van der Waals surface area contributed by atoms with Gasteiger partial charge in [-0.3, -0.25) is 4.68 Å². The summed E-state index contributed by atoms with van der Waals surface area (Å²) < 4.78 is 14.7. The number of benzene rings is 1. The van der Waals surface area contributed by atoms with Crippen LogP contribution in [0.25, 0.3) is 11.1 Å². The second-order valence-corrected chi connectivity index (χ2v) is 3.42. The van der Waals surface area contributed by atoms with Gasteiger partial charge in [0, 0.05) is 11.8 Å². The molecule has 0 radical (unpaired) electrons. The lowest BCUT2D eigenvalue weighted by Gasteiger charge is -1.99. The lowest BCUT2D eigenvalue weighted by atomic mass is 10.1. The molecule has 0 saturated heterocycles. The average Bonchev–Trinajstić information content (AvgIpc) is 2.79. The zero-order chi connectivity index (χ0) is 12.3. The molecule has 2 aromatic rings. The van der Waals surface area contributed by atoms with Gasteiger partial charge in [-0.1, -0.05) is 12.0 Å². The highest BCUT2D eigenvalue weighted by Crippen LogP contribution is 2.21. The summed E-state index contributed by atoms with van der Waals surface area (Å²) in [4.78, 5) is 0. The first-order valence-electron chi connectivity index (χ1n) is 4.90. The van der Waals surface area contributed by atoms with Gasteiger partial charge in [-0.25, -0.2) is 4.39 Å². The van der Waals surface area contributed by atoms with Crippen LogP contribution in [0.5, 0.6) is 0 Å². The first-order chi connectivity index (χ1) is 8.24. The second kappa shape index (κ2) is 4.51. The summed E-state index contributed by atoms with van der Waals surface area (Å²) in [7, 11) is 0. The van der Waals surface area contributed by atoms with E-state index in [2.05, 4.69) is 11.0 Å². The average molecular weight is 225 g/mol.